The van der Waals surface area contributed by atoms with Crippen molar-refractivity contribution in [2.45, 2.75) is 19.9 Å². The predicted molar refractivity (Wildman–Crippen MR) is 67.8 cm³/mol. The molecule has 2 rings (SSSR count). The van der Waals surface area contributed by atoms with Gasteiger partial charge in [-0.15, -0.1) is 0 Å². The van der Waals surface area contributed by atoms with Gasteiger partial charge in [-0.25, -0.2) is 0 Å². The minimum atomic E-state index is 0.150. The Morgan fingerprint density at radius 1 is 1.29 bits per heavy atom. The van der Waals surface area contributed by atoms with Gasteiger partial charge in [0.05, 0.1) is 11.7 Å². The molecule has 0 aliphatic rings. The Morgan fingerprint density at radius 2 is 2.06 bits per heavy atom. The normalized spacial score (nSPS) is 12.7. The SMILES string of the molecule is CNC(c1ccc(C)nc1)c1cn(C)nc1C. The number of aromatic nitrogens is 3. The molecule has 0 aliphatic heterocycles. The van der Waals surface area contributed by atoms with E-state index >= 15 is 0 Å². The van der Waals surface area contributed by atoms with Crippen molar-refractivity contribution < 1.29 is 0 Å². The lowest BCUT2D eigenvalue weighted by Crippen LogP contribution is -2.18. The van der Waals surface area contributed by atoms with Crippen LogP contribution in [0.2, 0.25) is 0 Å². The molecule has 2 aromatic rings. The van der Waals surface area contributed by atoms with E-state index in [0.717, 1.165) is 17.0 Å². The van der Waals surface area contributed by atoms with Gasteiger partial charge in [-0.2, -0.15) is 5.10 Å². The van der Waals surface area contributed by atoms with Crippen molar-refractivity contribution >= 4 is 0 Å². The summed E-state index contributed by atoms with van der Waals surface area (Å²) in [6.45, 7) is 4.02. The lowest BCUT2D eigenvalue weighted by atomic mass is 10.0. The summed E-state index contributed by atoms with van der Waals surface area (Å²) < 4.78 is 1.84. The molecule has 0 saturated heterocycles. The van der Waals surface area contributed by atoms with E-state index in [1.54, 1.807) is 0 Å². The summed E-state index contributed by atoms with van der Waals surface area (Å²) in [7, 11) is 3.90. The van der Waals surface area contributed by atoms with Crippen LogP contribution in [0.5, 0.6) is 0 Å². The lowest BCUT2D eigenvalue weighted by molar-refractivity contribution is 0.683. The van der Waals surface area contributed by atoms with Crippen LogP contribution in [-0.4, -0.2) is 21.8 Å². The molecular weight excluding hydrogens is 212 g/mol. The summed E-state index contributed by atoms with van der Waals surface area (Å²) in [4.78, 5) is 4.34. The summed E-state index contributed by atoms with van der Waals surface area (Å²) in [5, 5.41) is 7.69. The summed E-state index contributed by atoms with van der Waals surface area (Å²) in [6.07, 6.45) is 3.97. The fourth-order valence-electron chi connectivity index (χ4n) is 2.05. The maximum atomic E-state index is 4.38. The van der Waals surface area contributed by atoms with Gasteiger partial charge >= 0.3 is 0 Å². The van der Waals surface area contributed by atoms with Crippen LogP contribution in [-0.2, 0) is 7.05 Å². The number of pyridine rings is 1. The van der Waals surface area contributed by atoms with Crippen LogP contribution in [0.25, 0.3) is 0 Å². The molecule has 0 bridgehead atoms. The molecule has 1 unspecified atom stereocenters. The number of rotatable bonds is 3. The Morgan fingerprint density at radius 3 is 2.53 bits per heavy atom. The first kappa shape index (κ1) is 11.8. The van der Waals surface area contributed by atoms with Gasteiger partial charge in [-0.1, -0.05) is 6.07 Å². The highest BCUT2D eigenvalue weighted by Crippen LogP contribution is 2.23. The molecule has 2 aromatic heterocycles. The molecule has 4 nitrogen and oxygen atoms in total. The second-order valence-corrected chi connectivity index (χ2v) is 4.30. The van der Waals surface area contributed by atoms with Crippen LogP contribution in [0.3, 0.4) is 0 Å². The average Bonchev–Trinajstić information content (AvgIpc) is 2.62. The highest BCUT2D eigenvalue weighted by atomic mass is 15.3. The Balaban J connectivity index is 2.39. The molecule has 0 aromatic carbocycles. The van der Waals surface area contributed by atoms with Gasteiger partial charge in [-0.05, 0) is 32.5 Å². The monoisotopic (exact) mass is 230 g/mol. The van der Waals surface area contributed by atoms with E-state index in [1.165, 1.54) is 5.56 Å². The van der Waals surface area contributed by atoms with Crippen molar-refractivity contribution in [2.24, 2.45) is 7.05 Å². The zero-order valence-corrected chi connectivity index (χ0v) is 10.7. The smallest absolute Gasteiger partial charge is 0.0644 e. The number of nitrogens with zero attached hydrogens (tertiary/aromatic N) is 3. The minimum absolute atomic E-state index is 0.150. The molecular formula is C13H18N4. The van der Waals surface area contributed by atoms with Crippen molar-refractivity contribution in [1.82, 2.24) is 20.1 Å². The van der Waals surface area contributed by atoms with E-state index in [4.69, 9.17) is 0 Å². The van der Waals surface area contributed by atoms with Crippen LogP contribution in [0, 0.1) is 13.8 Å². The van der Waals surface area contributed by atoms with Gasteiger partial charge in [0.25, 0.3) is 0 Å². The van der Waals surface area contributed by atoms with E-state index in [9.17, 15) is 0 Å². The summed E-state index contributed by atoms with van der Waals surface area (Å²) in [6, 6.07) is 4.29. The average molecular weight is 230 g/mol. The molecule has 1 N–H and O–H groups in total. The molecule has 0 amide bonds. The van der Waals surface area contributed by atoms with Crippen LogP contribution in [0.15, 0.2) is 24.5 Å². The van der Waals surface area contributed by atoms with Crippen molar-refractivity contribution in [3.63, 3.8) is 0 Å². The number of aryl methyl sites for hydroxylation is 3. The first-order chi connectivity index (χ1) is 8.11. The highest BCUT2D eigenvalue weighted by molar-refractivity contribution is 5.31. The second kappa shape index (κ2) is 4.67. The fraction of sp³-hybridized carbons (Fsp3) is 0.385. The van der Waals surface area contributed by atoms with Gasteiger partial charge in [-0.3, -0.25) is 9.67 Å². The molecule has 1 atom stereocenters. The van der Waals surface area contributed by atoms with Gasteiger partial charge < -0.3 is 5.32 Å². The molecule has 0 spiro atoms. The Kier molecular flexibility index (Phi) is 3.24. The van der Waals surface area contributed by atoms with E-state index in [2.05, 4.69) is 27.7 Å². The van der Waals surface area contributed by atoms with Gasteiger partial charge in [0.15, 0.2) is 0 Å². The van der Waals surface area contributed by atoms with Crippen molar-refractivity contribution in [3.8, 4) is 0 Å². The molecule has 0 radical (unpaired) electrons. The Hall–Kier alpha value is -1.68. The summed E-state index contributed by atoms with van der Waals surface area (Å²) >= 11 is 0. The fourth-order valence-corrected chi connectivity index (χ4v) is 2.05. The lowest BCUT2D eigenvalue weighted by Gasteiger charge is -2.15. The van der Waals surface area contributed by atoms with Gasteiger partial charge in [0.1, 0.15) is 0 Å². The maximum Gasteiger partial charge on any atom is 0.0644 e. The summed E-state index contributed by atoms with van der Waals surface area (Å²) in [5.74, 6) is 0. The number of nitrogens with one attached hydrogen (secondary N) is 1. The molecule has 2 heterocycles. The molecule has 0 aliphatic carbocycles. The minimum Gasteiger partial charge on any atom is -0.309 e. The van der Waals surface area contributed by atoms with E-state index in [1.807, 2.05) is 44.9 Å². The first-order valence-corrected chi connectivity index (χ1v) is 5.71. The second-order valence-electron chi connectivity index (χ2n) is 4.30. The number of hydrogen-bond acceptors (Lipinski definition) is 3. The predicted octanol–water partition coefficient (Wildman–Crippen LogP) is 1.74. The quantitative estimate of drug-likeness (QED) is 0.873. The van der Waals surface area contributed by atoms with Crippen LogP contribution in [0.4, 0.5) is 0 Å². The third kappa shape index (κ3) is 2.36. The van der Waals surface area contributed by atoms with Gasteiger partial charge in [0, 0.05) is 30.7 Å². The largest absolute Gasteiger partial charge is 0.309 e. The van der Waals surface area contributed by atoms with Crippen LogP contribution >= 0.6 is 0 Å². The Bertz CT molecular complexity index is 499. The van der Waals surface area contributed by atoms with Crippen molar-refractivity contribution in [1.29, 1.82) is 0 Å². The van der Waals surface area contributed by atoms with Crippen LogP contribution < -0.4 is 5.32 Å². The summed E-state index contributed by atoms with van der Waals surface area (Å²) in [5.41, 5.74) is 4.44. The Labute approximate surface area is 102 Å². The zero-order chi connectivity index (χ0) is 12.4. The van der Waals surface area contributed by atoms with Crippen molar-refractivity contribution in [2.75, 3.05) is 7.05 Å². The topological polar surface area (TPSA) is 42.7 Å². The first-order valence-electron chi connectivity index (χ1n) is 5.71. The van der Waals surface area contributed by atoms with E-state index < -0.39 is 0 Å². The molecule has 17 heavy (non-hydrogen) atoms. The van der Waals surface area contributed by atoms with Crippen LogP contribution in [0.1, 0.15) is 28.6 Å². The molecule has 0 saturated carbocycles. The molecule has 4 heteroatoms. The highest BCUT2D eigenvalue weighted by Gasteiger charge is 2.16. The maximum absolute atomic E-state index is 4.38. The van der Waals surface area contributed by atoms with E-state index in [0.29, 0.717) is 0 Å². The third-order valence-corrected chi connectivity index (χ3v) is 2.92. The third-order valence-electron chi connectivity index (χ3n) is 2.92. The number of hydrogen-bond donors (Lipinski definition) is 1. The van der Waals surface area contributed by atoms with E-state index in [-0.39, 0.29) is 6.04 Å². The van der Waals surface area contributed by atoms with Gasteiger partial charge in [0.2, 0.25) is 0 Å². The van der Waals surface area contributed by atoms with Crippen molar-refractivity contribution in [3.05, 3.63) is 47.0 Å². The molecule has 0 fully saturated rings. The molecule has 90 valence electrons. The standard InChI is InChI=1S/C13H18N4/c1-9-5-6-11(7-15-9)13(14-3)12-8-17(4)16-10(12)2/h5-8,13-14H,1-4H3. The zero-order valence-electron chi connectivity index (χ0n) is 10.7.